The van der Waals surface area contributed by atoms with Crippen LogP contribution in [0.1, 0.15) is 71.6 Å². The van der Waals surface area contributed by atoms with Gasteiger partial charge in [0.15, 0.2) is 0 Å². The summed E-state index contributed by atoms with van der Waals surface area (Å²) in [6, 6.07) is 22.7. The van der Waals surface area contributed by atoms with Gasteiger partial charge in [-0.1, -0.05) is 73.1 Å². The number of fused-ring (bicyclic) bond motifs is 1. The molecule has 0 radical (unpaired) electrons. The first-order valence-electron chi connectivity index (χ1n) is 14.9. The van der Waals surface area contributed by atoms with Crippen molar-refractivity contribution in [3.8, 4) is 0 Å². The zero-order valence-electron chi connectivity index (χ0n) is 24.5. The van der Waals surface area contributed by atoms with Crippen LogP contribution in [0.15, 0.2) is 76.5 Å². The van der Waals surface area contributed by atoms with Crippen molar-refractivity contribution in [2.75, 3.05) is 24.5 Å². The van der Waals surface area contributed by atoms with Crippen LogP contribution in [0.3, 0.4) is 0 Å². The molecule has 2 heterocycles. The standard InChI is InChI=1S/C35H41N3O2S/c1-4-30-10-7-8-20-37(30)21-9-19-36-34(39)28-17-15-27(16-18-28)23-33-35(40)38(31-11-5-6-12-32(31)41-33)24-29-22-25(2)13-14-26(29)3/h5-6,11-18,22-23,30H,4,7-10,19-21,24H2,1-3H3,(H,36,39)/b33-23+/t30-/m0/s1. The van der Waals surface area contributed by atoms with Crippen molar-refractivity contribution in [1.82, 2.24) is 10.2 Å². The largest absolute Gasteiger partial charge is 0.352 e. The summed E-state index contributed by atoms with van der Waals surface area (Å²) in [5.74, 6) is -0.0536. The maximum absolute atomic E-state index is 13.7. The van der Waals surface area contributed by atoms with Crippen LogP contribution < -0.4 is 10.2 Å². The molecule has 5 rings (SSSR count). The summed E-state index contributed by atoms with van der Waals surface area (Å²) in [6.07, 6.45) is 8.02. The highest BCUT2D eigenvalue weighted by Gasteiger charge is 2.29. The summed E-state index contributed by atoms with van der Waals surface area (Å²) in [6.45, 7) is 9.87. The van der Waals surface area contributed by atoms with Crippen LogP contribution in [-0.2, 0) is 11.3 Å². The van der Waals surface area contributed by atoms with E-state index in [0.717, 1.165) is 34.7 Å². The number of carbonyl (C=O) groups is 2. The summed E-state index contributed by atoms with van der Waals surface area (Å²) in [5, 5.41) is 3.08. The minimum Gasteiger partial charge on any atom is -0.352 e. The Bertz CT molecular complexity index is 1420. The fourth-order valence-electron chi connectivity index (χ4n) is 5.85. The lowest BCUT2D eigenvalue weighted by molar-refractivity contribution is -0.114. The molecule has 0 unspecified atom stereocenters. The lowest BCUT2D eigenvalue weighted by Gasteiger charge is -2.35. The van der Waals surface area contributed by atoms with Crippen molar-refractivity contribution >= 4 is 35.3 Å². The first-order chi connectivity index (χ1) is 19.9. The van der Waals surface area contributed by atoms with Crippen LogP contribution in [0.2, 0.25) is 0 Å². The molecule has 2 aliphatic heterocycles. The van der Waals surface area contributed by atoms with Gasteiger partial charge in [0, 0.05) is 29.6 Å². The smallest absolute Gasteiger partial charge is 0.265 e. The Labute approximate surface area is 249 Å². The van der Waals surface area contributed by atoms with E-state index in [-0.39, 0.29) is 11.8 Å². The number of benzene rings is 3. The number of anilines is 1. The predicted octanol–water partition coefficient (Wildman–Crippen LogP) is 7.37. The SMILES string of the molecule is CC[C@H]1CCCCN1CCCNC(=O)c1ccc(/C=C2/Sc3ccccc3N(Cc3cc(C)ccc3C)C2=O)cc1. The highest BCUT2D eigenvalue weighted by atomic mass is 32.2. The van der Waals surface area contributed by atoms with Gasteiger partial charge in [-0.25, -0.2) is 0 Å². The Kier molecular flexibility index (Phi) is 9.63. The second-order valence-corrected chi connectivity index (χ2v) is 12.3. The number of carbonyl (C=O) groups excluding carboxylic acids is 2. The van der Waals surface area contributed by atoms with E-state index in [2.05, 4.69) is 55.3 Å². The third kappa shape index (κ3) is 7.11. The minimum absolute atomic E-state index is 0.00422. The van der Waals surface area contributed by atoms with E-state index < -0.39 is 0 Å². The molecule has 1 N–H and O–H groups in total. The van der Waals surface area contributed by atoms with Gasteiger partial charge < -0.3 is 15.1 Å². The Balaban J connectivity index is 1.23. The second kappa shape index (κ2) is 13.5. The van der Waals surface area contributed by atoms with Crippen molar-refractivity contribution in [2.45, 2.75) is 70.4 Å². The molecule has 214 valence electrons. The van der Waals surface area contributed by atoms with Crippen LogP contribution in [0.5, 0.6) is 0 Å². The number of thioether (sulfide) groups is 1. The van der Waals surface area contributed by atoms with Gasteiger partial charge in [-0.3, -0.25) is 9.59 Å². The average molecular weight is 568 g/mol. The lowest BCUT2D eigenvalue weighted by atomic mass is 10.00. The van der Waals surface area contributed by atoms with Crippen LogP contribution in [0.4, 0.5) is 5.69 Å². The maximum Gasteiger partial charge on any atom is 0.265 e. The quantitative estimate of drug-likeness (QED) is 0.217. The number of nitrogens with one attached hydrogen (secondary N) is 1. The van der Waals surface area contributed by atoms with Crippen molar-refractivity contribution in [2.24, 2.45) is 0 Å². The zero-order chi connectivity index (χ0) is 28.8. The molecule has 1 atom stereocenters. The summed E-state index contributed by atoms with van der Waals surface area (Å²) in [7, 11) is 0. The molecule has 0 bridgehead atoms. The molecule has 0 aliphatic carbocycles. The van der Waals surface area contributed by atoms with Gasteiger partial charge in [-0.15, -0.1) is 0 Å². The van der Waals surface area contributed by atoms with Crippen molar-refractivity contribution in [3.63, 3.8) is 0 Å². The topological polar surface area (TPSA) is 52.7 Å². The van der Waals surface area contributed by atoms with Crippen LogP contribution in [0.25, 0.3) is 6.08 Å². The van der Waals surface area contributed by atoms with E-state index in [1.54, 1.807) is 0 Å². The molecule has 2 amide bonds. The number of likely N-dealkylation sites (tertiary alicyclic amines) is 1. The Morgan fingerprint density at radius 2 is 1.85 bits per heavy atom. The first kappa shape index (κ1) is 29.2. The van der Waals surface area contributed by atoms with Crippen molar-refractivity contribution < 1.29 is 9.59 Å². The lowest BCUT2D eigenvalue weighted by Crippen LogP contribution is -2.40. The molecule has 41 heavy (non-hydrogen) atoms. The monoisotopic (exact) mass is 567 g/mol. The molecule has 5 nitrogen and oxygen atoms in total. The second-order valence-electron chi connectivity index (χ2n) is 11.2. The number of aryl methyl sites for hydroxylation is 2. The normalized spacial score (nSPS) is 18.4. The summed E-state index contributed by atoms with van der Waals surface area (Å²) in [5.41, 5.74) is 5.99. The Morgan fingerprint density at radius 3 is 2.66 bits per heavy atom. The average Bonchev–Trinajstić information content (AvgIpc) is 2.99. The summed E-state index contributed by atoms with van der Waals surface area (Å²) >= 11 is 1.51. The van der Waals surface area contributed by atoms with Crippen LogP contribution in [-0.4, -0.2) is 42.4 Å². The number of hydrogen-bond acceptors (Lipinski definition) is 4. The first-order valence-corrected chi connectivity index (χ1v) is 15.7. The van der Waals surface area contributed by atoms with Gasteiger partial charge in [0.1, 0.15) is 0 Å². The fraction of sp³-hybridized carbons (Fsp3) is 0.371. The maximum atomic E-state index is 13.7. The van der Waals surface area contributed by atoms with Crippen LogP contribution >= 0.6 is 11.8 Å². The molecule has 3 aromatic carbocycles. The highest BCUT2D eigenvalue weighted by Crippen LogP contribution is 2.42. The molecule has 0 spiro atoms. The van der Waals surface area contributed by atoms with Crippen molar-refractivity contribution in [3.05, 3.63) is 99.5 Å². The number of nitrogens with zero attached hydrogens (tertiary/aromatic N) is 2. The molecule has 6 heteroatoms. The van der Waals surface area contributed by atoms with E-state index in [4.69, 9.17) is 0 Å². The highest BCUT2D eigenvalue weighted by molar-refractivity contribution is 8.04. The molecule has 2 aliphatic rings. The van der Waals surface area contributed by atoms with Crippen LogP contribution in [0, 0.1) is 13.8 Å². The van der Waals surface area contributed by atoms with Gasteiger partial charge in [-0.2, -0.15) is 0 Å². The van der Waals surface area contributed by atoms with Gasteiger partial charge >= 0.3 is 0 Å². The van der Waals surface area contributed by atoms with Gasteiger partial charge in [0.2, 0.25) is 0 Å². The minimum atomic E-state index is -0.0494. The fourth-order valence-corrected chi connectivity index (χ4v) is 6.90. The van der Waals surface area contributed by atoms with E-state index in [0.29, 0.717) is 29.6 Å². The summed E-state index contributed by atoms with van der Waals surface area (Å²) < 4.78 is 0. The molecule has 1 fully saturated rings. The molecule has 1 saturated heterocycles. The van der Waals surface area contributed by atoms with E-state index in [1.165, 1.54) is 55.1 Å². The number of para-hydroxylation sites is 1. The third-order valence-corrected chi connectivity index (χ3v) is 9.34. The van der Waals surface area contributed by atoms with Gasteiger partial charge in [-0.05, 0) is 93.1 Å². The molecular weight excluding hydrogens is 526 g/mol. The molecular formula is C35H41N3O2S. The third-order valence-electron chi connectivity index (χ3n) is 8.26. The Hall–Kier alpha value is -3.35. The van der Waals surface area contributed by atoms with E-state index in [9.17, 15) is 9.59 Å². The molecule has 0 saturated carbocycles. The van der Waals surface area contributed by atoms with E-state index >= 15 is 0 Å². The predicted molar refractivity (Wildman–Crippen MR) is 170 cm³/mol. The Morgan fingerprint density at radius 1 is 1.05 bits per heavy atom. The number of hydrogen-bond donors (Lipinski definition) is 1. The molecule has 3 aromatic rings. The van der Waals surface area contributed by atoms with E-state index in [1.807, 2.05) is 53.4 Å². The number of amides is 2. The van der Waals surface area contributed by atoms with Gasteiger partial charge in [0.05, 0.1) is 17.1 Å². The number of rotatable bonds is 9. The zero-order valence-corrected chi connectivity index (χ0v) is 25.3. The molecule has 0 aromatic heterocycles. The summed E-state index contributed by atoms with van der Waals surface area (Å²) in [4.78, 5) is 32.7. The van der Waals surface area contributed by atoms with Gasteiger partial charge in [0.25, 0.3) is 11.8 Å². The van der Waals surface area contributed by atoms with Crippen molar-refractivity contribution in [1.29, 1.82) is 0 Å². The number of piperidine rings is 1.